The first kappa shape index (κ1) is 16.1. The molecule has 0 amide bonds. The molecule has 0 aliphatic rings. The van der Waals surface area contributed by atoms with Crippen LogP contribution in [0, 0.1) is 0 Å². The average Bonchev–Trinajstić information content (AvgIpc) is 2.41. The van der Waals surface area contributed by atoms with E-state index in [1.54, 1.807) is 12.1 Å². The minimum absolute atomic E-state index is 0.0232. The molecule has 7 heteroatoms. The van der Waals surface area contributed by atoms with Crippen LogP contribution in [-0.2, 0) is 4.74 Å². The highest BCUT2D eigenvalue weighted by Crippen LogP contribution is 2.25. The van der Waals surface area contributed by atoms with E-state index in [-0.39, 0.29) is 18.5 Å². The lowest BCUT2D eigenvalue weighted by Gasteiger charge is -2.11. The molecule has 0 spiro atoms. The molecule has 1 N–H and O–H groups in total. The Labute approximate surface area is 114 Å². The maximum absolute atomic E-state index is 12.0. The molecule has 0 saturated heterocycles. The zero-order valence-corrected chi connectivity index (χ0v) is 11.2. The monoisotopic (exact) mass is 291 g/mol. The van der Waals surface area contributed by atoms with Crippen molar-refractivity contribution in [3.63, 3.8) is 0 Å². The Morgan fingerprint density at radius 1 is 1.30 bits per heavy atom. The van der Waals surface area contributed by atoms with Gasteiger partial charge in [-0.05, 0) is 18.6 Å². The van der Waals surface area contributed by atoms with E-state index in [4.69, 9.17) is 4.74 Å². The van der Waals surface area contributed by atoms with Crippen LogP contribution in [0.2, 0.25) is 0 Å². The third kappa shape index (κ3) is 4.99. The molecule has 0 radical (unpaired) electrons. The van der Waals surface area contributed by atoms with Crippen molar-refractivity contribution in [2.75, 3.05) is 26.1 Å². The zero-order chi connectivity index (χ0) is 15.2. The van der Waals surface area contributed by atoms with Gasteiger partial charge in [-0.2, -0.15) is 13.2 Å². The SMILES string of the molecule is COC(=O)c1ccc(NCCCC(F)(F)F)cc1OC. The number of rotatable bonds is 6. The maximum Gasteiger partial charge on any atom is 0.389 e. The number of methoxy groups -OCH3 is 2. The Morgan fingerprint density at radius 3 is 2.55 bits per heavy atom. The standard InChI is InChI=1S/C13H16F3NO3/c1-19-11-8-9(4-5-10(11)12(18)20-2)17-7-3-6-13(14,15)16/h4-5,8,17H,3,6-7H2,1-2H3. The van der Waals surface area contributed by atoms with Gasteiger partial charge in [0.25, 0.3) is 0 Å². The van der Waals surface area contributed by atoms with Gasteiger partial charge in [0.15, 0.2) is 0 Å². The first-order valence-corrected chi connectivity index (χ1v) is 5.94. The van der Waals surface area contributed by atoms with Crippen LogP contribution in [0.1, 0.15) is 23.2 Å². The summed E-state index contributed by atoms with van der Waals surface area (Å²) < 4.78 is 45.6. The van der Waals surface area contributed by atoms with Crippen molar-refractivity contribution in [2.45, 2.75) is 19.0 Å². The zero-order valence-electron chi connectivity index (χ0n) is 11.2. The van der Waals surface area contributed by atoms with E-state index in [0.29, 0.717) is 11.4 Å². The third-order valence-corrected chi connectivity index (χ3v) is 2.57. The fourth-order valence-corrected chi connectivity index (χ4v) is 1.60. The van der Waals surface area contributed by atoms with E-state index in [9.17, 15) is 18.0 Å². The summed E-state index contributed by atoms with van der Waals surface area (Å²) in [5, 5.41) is 2.84. The fourth-order valence-electron chi connectivity index (χ4n) is 1.60. The second kappa shape index (κ2) is 7.02. The summed E-state index contributed by atoms with van der Waals surface area (Å²) in [4.78, 5) is 11.4. The van der Waals surface area contributed by atoms with E-state index in [1.165, 1.54) is 20.3 Å². The lowest BCUT2D eigenvalue weighted by Crippen LogP contribution is -2.11. The summed E-state index contributed by atoms with van der Waals surface area (Å²) in [6.07, 6.45) is -5.00. The van der Waals surface area contributed by atoms with E-state index in [1.807, 2.05) is 0 Å². The molecule has 0 atom stereocenters. The summed E-state index contributed by atoms with van der Waals surface area (Å²) in [6, 6.07) is 4.62. The largest absolute Gasteiger partial charge is 0.496 e. The number of benzene rings is 1. The Hall–Kier alpha value is -1.92. The smallest absolute Gasteiger partial charge is 0.389 e. The molecule has 0 heterocycles. The van der Waals surface area contributed by atoms with Crippen molar-refractivity contribution >= 4 is 11.7 Å². The summed E-state index contributed by atoms with van der Waals surface area (Å²) in [5.41, 5.74) is 0.840. The van der Waals surface area contributed by atoms with Crippen LogP contribution >= 0.6 is 0 Å². The highest BCUT2D eigenvalue weighted by molar-refractivity contribution is 5.93. The van der Waals surface area contributed by atoms with Gasteiger partial charge in [-0.25, -0.2) is 4.79 Å². The lowest BCUT2D eigenvalue weighted by atomic mass is 10.1. The molecule has 4 nitrogen and oxygen atoms in total. The van der Waals surface area contributed by atoms with Gasteiger partial charge in [-0.1, -0.05) is 0 Å². The number of anilines is 1. The third-order valence-electron chi connectivity index (χ3n) is 2.57. The van der Waals surface area contributed by atoms with Gasteiger partial charge < -0.3 is 14.8 Å². The van der Waals surface area contributed by atoms with E-state index >= 15 is 0 Å². The highest BCUT2D eigenvalue weighted by atomic mass is 19.4. The van der Waals surface area contributed by atoms with Crippen LogP contribution in [0.25, 0.3) is 0 Å². The van der Waals surface area contributed by atoms with Crippen LogP contribution < -0.4 is 10.1 Å². The Bertz CT molecular complexity index is 461. The van der Waals surface area contributed by atoms with Gasteiger partial charge in [0.05, 0.1) is 14.2 Å². The Balaban J connectivity index is 2.62. The second-order valence-corrected chi connectivity index (χ2v) is 4.05. The average molecular weight is 291 g/mol. The Kier molecular flexibility index (Phi) is 5.66. The minimum Gasteiger partial charge on any atom is -0.496 e. The van der Waals surface area contributed by atoms with Gasteiger partial charge in [0, 0.05) is 24.7 Å². The number of alkyl halides is 3. The normalized spacial score (nSPS) is 11.1. The number of carbonyl (C=O) groups excluding carboxylic acids is 1. The van der Waals surface area contributed by atoms with Crippen molar-refractivity contribution in [2.24, 2.45) is 0 Å². The first-order chi connectivity index (χ1) is 9.37. The quantitative estimate of drug-likeness (QED) is 0.645. The molecule has 112 valence electrons. The van der Waals surface area contributed by atoms with Crippen LogP contribution in [0.5, 0.6) is 5.75 Å². The predicted octanol–water partition coefficient (Wildman–Crippen LogP) is 3.24. The van der Waals surface area contributed by atoms with Crippen LogP contribution in [0.3, 0.4) is 0 Å². The van der Waals surface area contributed by atoms with Crippen LogP contribution in [0.4, 0.5) is 18.9 Å². The van der Waals surface area contributed by atoms with Crippen molar-refractivity contribution < 1.29 is 27.4 Å². The number of halogens is 3. The number of ether oxygens (including phenoxy) is 2. The van der Waals surface area contributed by atoms with Gasteiger partial charge in [0.1, 0.15) is 11.3 Å². The molecule has 0 aliphatic carbocycles. The number of hydrogen-bond donors (Lipinski definition) is 1. The van der Waals surface area contributed by atoms with E-state index in [0.717, 1.165) is 0 Å². The van der Waals surface area contributed by atoms with Gasteiger partial charge in [-0.15, -0.1) is 0 Å². The molecule has 0 aromatic heterocycles. The van der Waals surface area contributed by atoms with Crippen molar-refractivity contribution in [3.05, 3.63) is 23.8 Å². The van der Waals surface area contributed by atoms with Crippen molar-refractivity contribution in [3.8, 4) is 5.75 Å². The fraction of sp³-hybridized carbons (Fsp3) is 0.462. The van der Waals surface area contributed by atoms with Gasteiger partial charge in [-0.3, -0.25) is 0 Å². The second-order valence-electron chi connectivity index (χ2n) is 4.05. The minimum atomic E-state index is -4.14. The first-order valence-electron chi connectivity index (χ1n) is 5.94. The topological polar surface area (TPSA) is 47.6 Å². The molecule has 1 aromatic rings. The van der Waals surface area contributed by atoms with E-state index in [2.05, 4.69) is 10.1 Å². The van der Waals surface area contributed by atoms with Crippen molar-refractivity contribution in [1.29, 1.82) is 0 Å². The maximum atomic E-state index is 12.0. The number of nitrogens with one attached hydrogen (secondary N) is 1. The predicted molar refractivity (Wildman–Crippen MR) is 68.1 cm³/mol. The van der Waals surface area contributed by atoms with Gasteiger partial charge >= 0.3 is 12.1 Å². The molecular weight excluding hydrogens is 275 g/mol. The summed E-state index contributed by atoms with van der Waals surface area (Å²) in [6.45, 7) is 0.181. The number of hydrogen-bond acceptors (Lipinski definition) is 4. The lowest BCUT2D eigenvalue weighted by molar-refractivity contribution is -0.134. The number of carbonyl (C=O) groups is 1. The molecule has 0 aliphatic heterocycles. The summed E-state index contributed by atoms with van der Waals surface area (Å²) >= 11 is 0. The van der Waals surface area contributed by atoms with Crippen molar-refractivity contribution in [1.82, 2.24) is 0 Å². The molecule has 0 fully saturated rings. The molecule has 20 heavy (non-hydrogen) atoms. The number of esters is 1. The van der Waals surface area contributed by atoms with Crippen LogP contribution in [0.15, 0.2) is 18.2 Å². The molecule has 1 aromatic carbocycles. The van der Waals surface area contributed by atoms with Gasteiger partial charge in [0.2, 0.25) is 0 Å². The molecular formula is C13H16F3NO3. The molecule has 1 rings (SSSR count). The molecule has 0 unspecified atom stereocenters. The van der Waals surface area contributed by atoms with Crippen LogP contribution in [-0.4, -0.2) is 32.9 Å². The summed E-state index contributed by atoms with van der Waals surface area (Å²) in [5.74, 6) is -0.233. The molecule has 0 saturated carbocycles. The summed E-state index contributed by atoms with van der Waals surface area (Å²) in [7, 11) is 2.65. The Morgan fingerprint density at radius 2 is 2.00 bits per heavy atom. The highest BCUT2D eigenvalue weighted by Gasteiger charge is 2.25. The van der Waals surface area contributed by atoms with E-state index < -0.39 is 18.6 Å². The molecule has 0 bridgehead atoms.